The van der Waals surface area contributed by atoms with Gasteiger partial charge in [-0.1, -0.05) is 6.07 Å². The van der Waals surface area contributed by atoms with E-state index in [0.29, 0.717) is 5.01 Å². The van der Waals surface area contributed by atoms with Crippen molar-refractivity contribution in [1.82, 2.24) is 4.98 Å². The first-order valence-corrected chi connectivity index (χ1v) is 7.03. The topological polar surface area (TPSA) is 53.8 Å². The van der Waals surface area contributed by atoms with Gasteiger partial charge < -0.3 is 0 Å². The lowest BCUT2D eigenvalue weighted by molar-refractivity contribution is -0.117. The summed E-state index contributed by atoms with van der Waals surface area (Å²) in [6.07, 6.45) is 0. The van der Waals surface area contributed by atoms with Crippen LogP contribution in [0.15, 0.2) is 22.9 Å². The van der Waals surface area contributed by atoms with E-state index in [1.54, 1.807) is 11.3 Å². The molecule has 2 aromatic heterocycles. The molecule has 3 nitrogen and oxygen atoms in total. The maximum absolute atomic E-state index is 11.5. The van der Waals surface area contributed by atoms with E-state index in [0.717, 1.165) is 10.6 Å². The van der Waals surface area contributed by atoms with Gasteiger partial charge in [-0.25, -0.2) is 4.98 Å². The predicted molar refractivity (Wildman–Crippen MR) is 69.5 cm³/mol. The highest BCUT2D eigenvalue weighted by Crippen LogP contribution is 2.29. The molecule has 0 radical (unpaired) electrons. The van der Waals surface area contributed by atoms with E-state index in [2.05, 4.69) is 4.98 Å². The van der Waals surface area contributed by atoms with Crippen molar-refractivity contribution in [1.29, 1.82) is 5.26 Å². The first kappa shape index (κ1) is 12.2. The molecule has 0 aliphatic rings. The van der Waals surface area contributed by atoms with Crippen molar-refractivity contribution in [2.75, 3.05) is 5.88 Å². The Morgan fingerprint density at radius 1 is 1.59 bits per heavy atom. The van der Waals surface area contributed by atoms with Crippen LogP contribution in [0.2, 0.25) is 0 Å². The summed E-state index contributed by atoms with van der Waals surface area (Å²) in [5.74, 6) is -1.31. The summed E-state index contributed by atoms with van der Waals surface area (Å²) < 4.78 is 0. The van der Waals surface area contributed by atoms with E-state index in [1.807, 2.05) is 29.0 Å². The van der Waals surface area contributed by atoms with Gasteiger partial charge in [0.25, 0.3) is 0 Å². The molecular weight excluding hydrogens is 276 g/mol. The number of hydrogen-bond acceptors (Lipinski definition) is 5. The van der Waals surface area contributed by atoms with Crippen LogP contribution in [0.25, 0.3) is 10.6 Å². The molecule has 0 unspecified atom stereocenters. The highest BCUT2D eigenvalue weighted by atomic mass is 35.5. The van der Waals surface area contributed by atoms with Gasteiger partial charge in [-0.2, -0.15) is 5.26 Å². The van der Waals surface area contributed by atoms with Crippen LogP contribution in [-0.2, 0) is 4.79 Å². The molecule has 0 aliphatic carbocycles. The molecule has 0 saturated heterocycles. The highest BCUT2D eigenvalue weighted by molar-refractivity contribution is 7.14. The lowest BCUT2D eigenvalue weighted by Crippen LogP contribution is -2.11. The number of carbonyl (C=O) groups excluding carboxylic acids is 1. The Balaban J connectivity index is 2.30. The van der Waals surface area contributed by atoms with Crippen LogP contribution in [0, 0.1) is 11.3 Å². The molecule has 86 valence electrons. The predicted octanol–water partition coefficient (Wildman–Crippen LogP) is 3.29. The van der Waals surface area contributed by atoms with Crippen LogP contribution < -0.4 is 0 Å². The zero-order chi connectivity index (χ0) is 12.3. The van der Waals surface area contributed by atoms with Crippen LogP contribution in [-0.4, -0.2) is 16.6 Å². The summed E-state index contributed by atoms with van der Waals surface area (Å²) in [4.78, 5) is 16.8. The molecule has 0 aromatic carbocycles. The van der Waals surface area contributed by atoms with Gasteiger partial charge in [0, 0.05) is 5.38 Å². The van der Waals surface area contributed by atoms with E-state index in [1.165, 1.54) is 11.3 Å². The van der Waals surface area contributed by atoms with Gasteiger partial charge in [0.2, 0.25) is 0 Å². The standard InChI is InChI=1S/C11H7ClN2OS2/c12-4-9(15)7(5-13)11-14-8(6-17-11)10-2-1-3-16-10/h1-3,6-7H,4H2/t7-/m1/s1. The second kappa shape index (κ2) is 5.41. The molecule has 1 atom stereocenters. The average Bonchev–Trinajstić information content (AvgIpc) is 2.99. The molecule has 0 bridgehead atoms. The summed E-state index contributed by atoms with van der Waals surface area (Å²) >= 11 is 8.35. The fraction of sp³-hybridized carbons (Fsp3) is 0.182. The SMILES string of the molecule is N#C[C@H](C(=O)CCl)c1nc(-c2cccs2)cs1. The third-order valence-electron chi connectivity index (χ3n) is 2.13. The molecule has 0 saturated carbocycles. The van der Waals surface area contributed by atoms with Gasteiger partial charge in [-0.3, -0.25) is 4.79 Å². The number of nitriles is 1. The first-order valence-electron chi connectivity index (χ1n) is 4.74. The lowest BCUT2D eigenvalue weighted by Gasteiger charge is -2.00. The van der Waals surface area contributed by atoms with Crippen molar-refractivity contribution < 1.29 is 4.79 Å². The molecule has 0 amide bonds. The van der Waals surface area contributed by atoms with Gasteiger partial charge >= 0.3 is 0 Å². The number of rotatable bonds is 4. The normalized spacial score (nSPS) is 12.0. The minimum absolute atomic E-state index is 0.161. The fourth-order valence-electron chi connectivity index (χ4n) is 1.30. The monoisotopic (exact) mass is 282 g/mol. The number of Topliss-reactive ketones (excluding diaryl/α,β-unsaturated/α-hetero) is 1. The van der Waals surface area contributed by atoms with Gasteiger partial charge in [-0.15, -0.1) is 34.3 Å². The largest absolute Gasteiger partial charge is 0.296 e. The van der Waals surface area contributed by atoms with Crippen molar-refractivity contribution in [3.8, 4) is 16.6 Å². The van der Waals surface area contributed by atoms with E-state index in [9.17, 15) is 4.79 Å². The smallest absolute Gasteiger partial charge is 0.171 e. The van der Waals surface area contributed by atoms with E-state index >= 15 is 0 Å². The quantitative estimate of drug-likeness (QED) is 0.809. The zero-order valence-corrected chi connectivity index (χ0v) is 11.0. The van der Waals surface area contributed by atoms with Gasteiger partial charge in [-0.05, 0) is 11.4 Å². The fourth-order valence-corrected chi connectivity index (χ4v) is 3.10. The van der Waals surface area contributed by atoms with Crippen molar-refractivity contribution in [3.63, 3.8) is 0 Å². The number of hydrogen-bond donors (Lipinski definition) is 0. The number of aromatic nitrogens is 1. The van der Waals surface area contributed by atoms with Crippen molar-refractivity contribution in [3.05, 3.63) is 27.9 Å². The van der Waals surface area contributed by atoms with E-state index in [-0.39, 0.29) is 11.7 Å². The Kier molecular flexibility index (Phi) is 3.89. The number of alkyl halides is 1. The molecular formula is C11H7ClN2OS2. The van der Waals surface area contributed by atoms with Crippen LogP contribution >= 0.6 is 34.3 Å². The van der Waals surface area contributed by atoms with Gasteiger partial charge in [0.1, 0.15) is 5.01 Å². The molecule has 0 aliphatic heterocycles. The molecule has 17 heavy (non-hydrogen) atoms. The maximum Gasteiger partial charge on any atom is 0.171 e. The maximum atomic E-state index is 11.5. The molecule has 0 fully saturated rings. The number of ketones is 1. The summed E-state index contributed by atoms with van der Waals surface area (Å²) in [6, 6.07) is 5.83. The van der Waals surface area contributed by atoms with Crippen LogP contribution in [0.1, 0.15) is 10.9 Å². The number of nitrogens with zero attached hydrogens (tertiary/aromatic N) is 2. The van der Waals surface area contributed by atoms with Gasteiger partial charge in [0.15, 0.2) is 11.7 Å². The average molecular weight is 283 g/mol. The summed E-state index contributed by atoms with van der Waals surface area (Å²) in [5, 5.41) is 13.3. The Morgan fingerprint density at radius 3 is 3.00 bits per heavy atom. The Hall–Kier alpha value is -1.22. The van der Waals surface area contributed by atoms with Crippen LogP contribution in [0.4, 0.5) is 0 Å². The third-order valence-corrected chi connectivity index (χ3v) is 4.19. The Labute approximate surface area is 111 Å². The molecule has 2 rings (SSSR count). The lowest BCUT2D eigenvalue weighted by atomic mass is 10.1. The minimum Gasteiger partial charge on any atom is -0.296 e. The minimum atomic E-state index is -0.841. The summed E-state index contributed by atoms with van der Waals surface area (Å²) in [6.45, 7) is 0. The molecule has 2 aromatic rings. The van der Waals surface area contributed by atoms with E-state index < -0.39 is 5.92 Å². The Bertz CT molecular complexity index is 556. The second-order valence-electron chi connectivity index (χ2n) is 3.21. The Morgan fingerprint density at radius 2 is 2.41 bits per heavy atom. The number of thiazole rings is 1. The number of thiophene rings is 1. The van der Waals surface area contributed by atoms with E-state index in [4.69, 9.17) is 16.9 Å². The summed E-state index contributed by atoms with van der Waals surface area (Å²) in [7, 11) is 0. The third kappa shape index (κ3) is 2.55. The van der Waals surface area contributed by atoms with Crippen molar-refractivity contribution in [2.24, 2.45) is 0 Å². The van der Waals surface area contributed by atoms with Crippen LogP contribution in [0.3, 0.4) is 0 Å². The molecule has 2 heterocycles. The highest BCUT2D eigenvalue weighted by Gasteiger charge is 2.22. The second-order valence-corrected chi connectivity index (χ2v) is 5.31. The first-order chi connectivity index (χ1) is 8.26. The molecule has 0 spiro atoms. The van der Waals surface area contributed by atoms with Gasteiger partial charge in [0.05, 0.1) is 22.5 Å². The summed E-state index contributed by atoms with van der Waals surface area (Å²) in [5.41, 5.74) is 0.808. The zero-order valence-electron chi connectivity index (χ0n) is 8.59. The number of carbonyl (C=O) groups is 1. The van der Waals surface area contributed by atoms with Crippen molar-refractivity contribution in [2.45, 2.75) is 5.92 Å². The van der Waals surface area contributed by atoms with Crippen molar-refractivity contribution >= 4 is 40.1 Å². The number of halogens is 1. The molecule has 6 heteroatoms. The molecule has 0 N–H and O–H groups in total. The van der Waals surface area contributed by atoms with Crippen LogP contribution in [0.5, 0.6) is 0 Å².